The van der Waals surface area contributed by atoms with Gasteiger partial charge in [0, 0.05) is 24.6 Å². The Morgan fingerprint density at radius 2 is 2.13 bits per heavy atom. The number of ether oxygens (including phenoxy) is 2. The van der Waals surface area contributed by atoms with Crippen molar-refractivity contribution in [1.82, 2.24) is 9.78 Å². The van der Waals surface area contributed by atoms with Crippen LogP contribution in [-0.2, 0) is 15.9 Å². The summed E-state index contributed by atoms with van der Waals surface area (Å²) in [5.74, 6) is 0. The van der Waals surface area contributed by atoms with Crippen molar-refractivity contribution in [3.8, 4) is 0 Å². The summed E-state index contributed by atoms with van der Waals surface area (Å²) in [6.45, 7) is 5.39. The number of aliphatic hydroxyl groups is 1. The lowest BCUT2D eigenvalue weighted by molar-refractivity contribution is -0.0778. The highest BCUT2D eigenvalue weighted by molar-refractivity contribution is 5.91. The van der Waals surface area contributed by atoms with Crippen LogP contribution >= 0.6 is 0 Å². The van der Waals surface area contributed by atoms with Crippen LogP contribution in [0, 0.1) is 0 Å². The van der Waals surface area contributed by atoms with Crippen molar-refractivity contribution in [2.24, 2.45) is 0 Å². The van der Waals surface area contributed by atoms with E-state index in [2.05, 4.69) is 5.10 Å². The Kier molecular flexibility index (Phi) is 4.91. The average molecular weight is 321 g/mol. The van der Waals surface area contributed by atoms with Crippen molar-refractivity contribution in [1.29, 1.82) is 0 Å². The molecule has 1 aromatic carbocycles. The predicted molar refractivity (Wildman–Crippen MR) is 87.1 cm³/mol. The van der Waals surface area contributed by atoms with E-state index in [0.29, 0.717) is 29.7 Å². The first-order valence-corrected chi connectivity index (χ1v) is 7.42. The van der Waals surface area contributed by atoms with Crippen LogP contribution in [0.5, 0.6) is 0 Å². The second-order valence-corrected chi connectivity index (χ2v) is 6.34. The van der Waals surface area contributed by atoms with E-state index in [0.717, 1.165) is 5.39 Å². The molecule has 0 spiro atoms. The monoisotopic (exact) mass is 321 g/mol. The number of nitrogen functional groups attached to an aromatic ring is 1. The van der Waals surface area contributed by atoms with Gasteiger partial charge in [-0.15, -0.1) is 0 Å². The first-order chi connectivity index (χ1) is 10.7. The van der Waals surface area contributed by atoms with E-state index in [4.69, 9.17) is 15.2 Å². The molecule has 0 amide bonds. The number of nitrogens with two attached hydrogens (primary N) is 1. The normalized spacial score (nSPS) is 13.3. The number of benzene rings is 1. The van der Waals surface area contributed by atoms with Gasteiger partial charge in [-0.25, -0.2) is 4.79 Å². The van der Waals surface area contributed by atoms with Crippen LogP contribution in [0.4, 0.5) is 10.5 Å². The fourth-order valence-corrected chi connectivity index (χ4v) is 2.20. The lowest BCUT2D eigenvalue weighted by atomic mass is 10.1. The minimum Gasteiger partial charge on any atom is -0.442 e. The number of fused-ring (bicyclic) bond motifs is 1. The van der Waals surface area contributed by atoms with Gasteiger partial charge in [-0.1, -0.05) is 0 Å². The second-order valence-electron chi connectivity index (χ2n) is 6.34. The van der Waals surface area contributed by atoms with Crippen LogP contribution in [0.1, 0.15) is 32.9 Å². The standard InChI is InChI=1S/C16H23N3O4/c1-16(2,3)23-15(21)19-13-7-5-10(17)9-11(13)12(18-19)6-8-14(20)22-4/h5,7,9,14,20H,6,8,17H2,1-4H3. The summed E-state index contributed by atoms with van der Waals surface area (Å²) in [4.78, 5) is 12.3. The number of nitrogens with zero attached hydrogens (tertiary/aromatic N) is 2. The van der Waals surface area contributed by atoms with E-state index in [-0.39, 0.29) is 0 Å². The summed E-state index contributed by atoms with van der Waals surface area (Å²) in [6.07, 6.45) is -0.611. The molecule has 0 saturated heterocycles. The average Bonchev–Trinajstić information content (AvgIpc) is 2.81. The number of hydrogen-bond donors (Lipinski definition) is 2. The molecule has 0 radical (unpaired) electrons. The van der Waals surface area contributed by atoms with E-state index < -0.39 is 18.0 Å². The molecule has 1 aromatic heterocycles. The Balaban J connectivity index is 2.40. The molecule has 1 heterocycles. The van der Waals surface area contributed by atoms with E-state index >= 15 is 0 Å². The third-order valence-electron chi connectivity index (χ3n) is 3.25. The molecule has 0 aliphatic carbocycles. The van der Waals surface area contributed by atoms with Gasteiger partial charge in [0.05, 0.1) is 11.2 Å². The van der Waals surface area contributed by atoms with Gasteiger partial charge in [0.1, 0.15) is 5.60 Å². The molecule has 0 aliphatic rings. The maximum absolute atomic E-state index is 12.3. The van der Waals surface area contributed by atoms with Crippen molar-refractivity contribution in [2.75, 3.05) is 12.8 Å². The Labute approximate surface area is 135 Å². The van der Waals surface area contributed by atoms with Gasteiger partial charge in [-0.2, -0.15) is 9.78 Å². The topological polar surface area (TPSA) is 99.6 Å². The van der Waals surface area contributed by atoms with E-state index in [1.165, 1.54) is 11.8 Å². The van der Waals surface area contributed by atoms with Crippen molar-refractivity contribution >= 4 is 22.7 Å². The zero-order chi connectivity index (χ0) is 17.2. The van der Waals surface area contributed by atoms with Crippen molar-refractivity contribution in [2.45, 2.75) is 45.5 Å². The number of anilines is 1. The zero-order valence-corrected chi connectivity index (χ0v) is 13.9. The Hall–Kier alpha value is -2.12. The minimum absolute atomic E-state index is 0.367. The summed E-state index contributed by atoms with van der Waals surface area (Å²) in [7, 11) is 1.43. The van der Waals surface area contributed by atoms with Crippen molar-refractivity contribution in [3.63, 3.8) is 0 Å². The molecule has 7 heteroatoms. The maximum atomic E-state index is 12.3. The first kappa shape index (κ1) is 17.2. The Morgan fingerprint density at radius 1 is 1.43 bits per heavy atom. The van der Waals surface area contributed by atoms with Gasteiger partial charge in [0.15, 0.2) is 6.29 Å². The molecular weight excluding hydrogens is 298 g/mol. The molecule has 0 aliphatic heterocycles. The zero-order valence-electron chi connectivity index (χ0n) is 13.9. The molecule has 1 unspecified atom stereocenters. The summed E-state index contributed by atoms with van der Waals surface area (Å²) < 4.78 is 11.4. The SMILES string of the molecule is COC(O)CCc1nn(C(=O)OC(C)(C)C)c2ccc(N)cc12. The van der Waals surface area contributed by atoms with Crippen molar-refractivity contribution < 1.29 is 19.4 Å². The van der Waals surface area contributed by atoms with Crippen LogP contribution in [-0.4, -0.2) is 40.0 Å². The number of aryl methyl sites for hydroxylation is 1. The van der Waals surface area contributed by atoms with Crippen LogP contribution in [0.15, 0.2) is 18.2 Å². The number of aromatic nitrogens is 2. The summed E-state index contributed by atoms with van der Waals surface area (Å²) in [5, 5.41) is 14.6. The molecule has 23 heavy (non-hydrogen) atoms. The van der Waals surface area contributed by atoms with Crippen LogP contribution in [0.25, 0.3) is 10.9 Å². The quantitative estimate of drug-likeness (QED) is 0.662. The molecular formula is C16H23N3O4. The molecule has 1 atom stereocenters. The van der Waals surface area contributed by atoms with Gasteiger partial charge in [0.25, 0.3) is 0 Å². The van der Waals surface area contributed by atoms with Gasteiger partial charge >= 0.3 is 6.09 Å². The van der Waals surface area contributed by atoms with Crippen LogP contribution < -0.4 is 5.73 Å². The van der Waals surface area contributed by atoms with Gasteiger partial charge in [-0.3, -0.25) is 0 Å². The van der Waals surface area contributed by atoms with E-state index in [1.54, 1.807) is 39.0 Å². The fourth-order valence-electron chi connectivity index (χ4n) is 2.20. The fraction of sp³-hybridized carbons (Fsp3) is 0.500. The molecule has 0 saturated carbocycles. The highest BCUT2D eigenvalue weighted by Gasteiger charge is 2.22. The molecule has 126 valence electrons. The lowest BCUT2D eigenvalue weighted by Gasteiger charge is -2.19. The molecule has 0 bridgehead atoms. The van der Waals surface area contributed by atoms with E-state index in [9.17, 15) is 9.90 Å². The molecule has 2 rings (SSSR count). The Bertz CT molecular complexity index is 703. The Morgan fingerprint density at radius 3 is 2.74 bits per heavy atom. The van der Waals surface area contributed by atoms with Gasteiger partial charge < -0.3 is 20.3 Å². The van der Waals surface area contributed by atoms with Crippen LogP contribution in [0.3, 0.4) is 0 Å². The highest BCUT2D eigenvalue weighted by atomic mass is 16.6. The minimum atomic E-state index is -0.877. The second kappa shape index (κ2) is 6.55. The van der Waals surface area contributed by atoms with Gasteiger partial charge in [0.2, 0.25) is 0 Å². The lowest BCUT2D eigenvalue weighted by Crippen LogP contribution is -2.27. The molecule has 7 nitrogen and oxygen atoms in total. The van der Waals surface area contributed by atoms with Crippen LogP contribution in [0.2, 0.25) is 0 Å². The predicted octanol–water partition coefficient (Wildman–Crippen LogP) is 2.30. The number of hydrogen-bond acceptors (Lipinski definition) is 6. The number of methoxy groups -OCH3 is 1. The smallest absolute Gasteiger partial charge is 0.435 e. The molecule has 2 aromatic rings. The molecule has 0 fully saturated rings. The number of carbonyl (C=O) groups is 1. The highest BCUT2D eigenvalue weighted by Crippen LogP contribution is 2.24. The van der Waals surface area contributed by atoms with Gasteiger partial charge in [-0.05, 0) is 45.4 Å². The number of carbonyl (C=O) groups excluding carboxylic acids is 1. The summed E-state index contributed by atoms with van der Waals surface area (Å²) in [5.41, 5.74) is 7.08. The first-order valence-electron chi connectivity index (χ1n) is 7.42. The summed E-state index contributed by atoms with van der Waals surface area (Å²) in [6, 6.07) is 5.20. The third-order valence-corrected chi connectivity index (χ3v) is 3.25. The maximum Gasteiger partial charge on any atom is 0.435 e. The summed E-state index contributed by atoms with van der Waals surface area (Å²) >= 11 is 0. The largest absolute Gasteiger partial charge is 0.442 e. The number of aliphatic hydroxyl groups excluding tert-OH is 1. The van der Waals surface area contributed by atoms with Crippen molar-refractivity contribution in [3.05, 3.63) is 23.9 Å². The molecule has 3 N–H and O–H groups in total. The number of rotatable bonds is 4. The van der Waals surface area contributed by atoms with E-state index in [1.807, 2.05) is 0 Å². The third kappa shape index (κ3) is 4.20.